The van der Waals surface area contributed by atoms with Gasteiger partial charge in [-0.1, -0.05) is 12.1 Å². The van der Waals surface area contributed by atoms with E-state index in [1.165, 1.54) is 25.3 Å². The highest BCUT2D eigenvalue weighted by molar-refractivity contribution is 5.97. The van der Waals surface area contributed by atoms with Crippen molar-refractivity contribution in [2.45, 2.75) is 13.5 Å². The van der Waals surface area contributed by atoms with Crippen molar-refractivity contribution in [1.29, 1.82) is 0 Å². The summed E-state index contributed by atoms with van der Waals surface area (Å²) >= 11 is 0. The van der Waals surface area contributed by atoms with E-state index in [-0.39, 0.29) is 11.3 Å². The minimum Gasteiger partial charge on any atom is -0.495 e. The summed E-state index contributed by atoms with van der Waals surface area (Å²) in [6.07, 6.45) is 0. The number of ether oxygens (including phenoxy) is 3. The molecule has 0 saturated carbocycles. The first kappa shape index (κ1) is 22.6. The third-order valence-corrected chi connectivity index (χ3v) is 3.71. The summed E-state index contributed by atoms with van der Waals surface area (Å²) in [5.41, 5.74) is 1.34. The summed E-state index contributed by atoms with van der Waals surface area (Å²) in [5, 5.41) is 4.84. The third kappa shape index (κ3) is 7.04. The highest BCUT2D eigenvalue weighted by Gasteiger charge is 2.14. The molecule has 0 atom stereocenters. The molecule has 10 heteroatoms. The van der Waals surface area contributed by atoms with Gasteiger partial charge in [0.15, 0.2) is 6.61 Å². The van der Waals surface area contributed by atoms with Gasteiger partial charge in [0.25, 0.3) is 11.8 Å². The van der Waals surface area contributed by atoms with Gasteiger partial charge in [0, 0.05) is 5.56 Å². The van der Waals surface area contributed by atoms with Crippen LogP contribution in [-0.4, -0.2) is 44.7 Å². The molecule has 2 aromatic carbocycles. The second-order valence-electron chi connectivity index (χ2n) is 6.00. The van der Waals surface area contributed by atoms with Crippen LogP contribution in [0.15, 0.2) is 42.5 Å². The summed E-state index contributed by atoms with van der Waals surface area (Å²) in [7, 11) is 1.46. The predicted molar refractivity (Wildman–Crippen MR) is 103 cm³/mol. The number of hydrogen-bond donors (Lipinski definition) is 2. The lowest BCUT2D eigenvalue weighted by atomic mass is 10.2. The number of methoxy groups -OCH3 is 1. The van der Waals surface area contributed by atoms with E-state index in [1.807, 2.05) is 13.0 Å². The van der Waals surface area contributed by atoms with Crippen molar-refractivity contribution < 1.29 is 37.4 Å². The molecule has 0 aliphatic heterocycles. The fraction of sp³-hybridized carbons (Fsp3) is 0.250. The molecule has 8 nitrogen and oxygen atoms in total. The zero-order valence-electron chi connectivity index (χ0n) is 16.2. The summed E-state index contributed by atoms with van der Waals surface area (Å²) in [4.78, 5) is 35.7. The van der Waals surface area contributed by atoms with Crippen molar-refractivity contribution in [2.75, 3.05) is 25.6 Å². The van der Waals surface area contributed by atoms with Crippen molar-refractivity contribution >= 4 is 23.5 Å². The number of aryl methyl sites for hydroxylation is 1. The van der Waals surface area contributed by atoms with Crippen LogP contribution in [0, 0.1) is 6.92 Å². The van der Waals surface area contributed by atoms with E-state index in [0.717, 1.165) is 11.6 Å². The van der Waals surface area contributed by atoms with Gasteiger partial charge in [-0.25, -0.2) is 0 Å². The van der Waals surface area contributed by atoms with Crippen LogP contribution < -0.4 is 20.1 Å². The van der Waals surface area contributed by atoms with E-state index in [9.17, 15) is 23.2 Å². The summed E-state index contributed by atoms with van der Waals surface area (Å²) in [6.45, 7) is -2.26. The van der Waals surface area contributed by atoms with E-state index in [0.29, 0.717) is 11.4 Å². The maximum Gasteiger partial charge on any atom is 0.387 e. The van der Waals surface area contributed by atoms with Gasteiger partial charge in [0.1, 0.15) is 18.0 Å². The molecule has 160 valence electrons. The van der Waals surface area contributed by atoms with Gasteiger partial charge in [-0.2, -0.15) is 8.78 Å². The Hall–Kier alpha value is -3.69. The first-order valence-corrected chi connectivity index (χ1v) is 8.71. The number of halogens is 2. The average molecular weight is 422 g/mol. The van der Waals surface area contributed by atoms with Gasteiger partial charge < -0.3 is 24.8 Å². The average Bonchev–Trinajstić information content (AvgIpc) is 2.70. The Labute approximate surface area is 171 Å². The largest absolute Gasteiger partial charge is 0.495 e. The van der Waals surface area contributed by atoms with Crippen molar-refractivity contribution in [3.8, 4) is 11.5 Å². The monoisotopic (exact) mass is 422 g/mol. The Bertz CT molecular complexity index is 920. The van der Waals surface area contributed by atoms with Crippen molar-refractivity contribution in [3.63, 3.8) is 0 Å². The number of carbonyl (C=O) groups is 3. The van der Waals surface area contributed by atoms with Crippen LogP contribution in [0.1, 0.15) is 15.9 Å². The molecule has 30 heavy (non-hydrogen) atoms. The fourth-order valence-corrected chi connectivity index (χ4v) is 2.37. The molecular weight excluding hydrogens is 402 g/mol. The molecule has 0 spiro atoms. The Morgan fingerprint density at radius 1 is 1.10 bits per heavy atom. The lowest BCUT2D eigenvalue weighted by molar-refractivity contribution is -0.146. The number of anilines is 1. The number of benzene rings is 2. The van der Waals surface area contributed by atoms with Crippen molar-refractivity contribution in [2.24, 2.45) is 0 Å². The van der Waals surface area contributed by atoms with Crippen LogP contribution in [-0.2, 0) is 14.3 Å². The number of amides is 2. The zero-order chi connectivity index (χ0) is 22.1. The Morgan fingerprint density at radius 3 is 2.57 bits per heavy atom. The van der Waals surface area contributed by atoms with E-state index < -0.39 is 37.5 Å². The first-order valence-electron chi connectivity index (χ1n) is 8.71. The second-order valence-corrected chi connectivity index (χ2v) is 6.00. The molecule has 0 aliphatic rings. The maximum absolute atomic E-state index is 12.2. The van der Waals surface area contributed by atoms with Gasteiger partial charge in [0.2, 0.25) is 0 Å². The van der Waals surface area contributed by atoms with Crippen molar-refractivity contribution in [3.05, 3.63) is 53.6 Å². The Kier molecular flexibility index (Phi) is 8.09. The first-order chi connectivity index (χ1) is 14.3. The lowest BCUT2D eigenvalue weighted by Gasteiger charge is -2.11. The third-order valence-electron chi connectivity index (χ3n) is 3.71. The standard InChI is InChI=1S/C20H20F2N2O6/c1-12-6-7-16(28-2)15(8-12)24-17(25)11-29-18(26)10-23-19(27)13-4-3-5-14(9-13)30-20(21)22/h3-9,20H,10-11H2,1-2H3,(H,23,27)(H,24,25). The number of rotatable bonds is 9. The number of esters is 1. The topological polar surface area (TPSA) is 103 Å². The van der Waals surface area contributed by atoms with E-state index in [1.54, 1.807) is 12.1 Å². The number of hydrogen-bond acceptors (Lipinski definition) is 6. The Balaban J connectivity index is 1.80. The summed E-state index contributed by atoms with van der Waals surface area (Å²) in [5.74, 6) is -1.88. The molecule has 2 amide bonds. The number of alkyl halides is 2. The van der Waals surface area contributed by atoms with Gasteiger partial charge >= 0.3 is 12.6 Å². The molecule has 0 aliphatic carbocycles. The van der Waals surface area contributed by atoms with Gasteiger partial charge in [-0.15, -0.1) is 0 Å². The molecule has 2 aromatic rings. The molecular formula is C20H20F2N2O6. The van der Waals surface area contributed by atoms with Crippen LogP contribution in [0.4, 0.5) is 14.5 Å². The highest BCUT2D eigenvalue weighted by atomic mass is 19.3. The molecule has 0 saturated heterocycles. The SMILES string of the molecule is COc1ccc(C)cc1NC(=O)COC(=O)CNC(=O)c1cccc(OC(F)F)c1. The number of carbonyl (C=O) groups excluding carboxylic acids is 3. The lowest BCUT2D eigenvalue weighted by Crippen LogP contribution is -2.32. The van der Waals surface area contributed by atoms with Crippen LogP contribution in [0.5, 0.6) is 11.5 Å². The quantitative estimate of drug-likeness (QED) is 0.602. The molecule has 0 aromatic heterocycles. The van der Waals surface area contributed by atoms with E-state index in [4.69, 9.17) is 9.47 Å². The molecule has 2 rings (SSSR count). The molecule has 0 unspecified atom stereocenters. The fourth-order valence-electron chi connectivity index (χ4n) is 2.37. The van der Waals surface area contributed by atoms with E-state index >= 15 is 0 Å². The molecule has 0 heterocycles. The highest BCUT2D eigenvalue weighted by Crippen LogP contribution is 2.25. The predicted octanol–water partition coefficient (Wildman–Crippen LogP) is 2.52. The summed E-state index contributed by atoms with van der Waals surface area (Å²) in [6, 6.07) is 10.3. The van der Waals surface area contributed by atoms with Crippen LogP contribution in [0.3, 0.4) is 0 Å². The van der Waals surface area contributed by atoms with Gasteiger partial charge in [-0.3, -0.25) is 14.4 Å². The number of nitrogens with one attached hydrogen (secondary N) is 2. The zero-order valence-corrected chi connectivity index (χ0v) is 16.2. The van der Waals surface area contributed by atoms with Gasteiger partial charge in [0.05, 0.1) is 12.8 Å². The Morgan fingerprint density at radius 2 is 1.87 bits per heavy atom. The maximum atomic E-state index is 12.2. The molecule has 0 radical (unpaired) electrons. The van der Waals surface area contributed by atoms with Crippen LogP contribution in [0.2, 0.25) is 0 Å². The summed E-state index contributed by atoms with van der Waals surface area (Å²) < 4.78 is 38.6. The molecule has 2 N–H and O–H groups in total. The smallest absolute Gasteiger partial charge is 0.387 e. The van der Waals surface area contributed by atoms with Crippen LogP contribution in [0.25, 0.3) is 0 Å². The van der Waals surface area contributed by atoms with Gasteiger partial charge in [-0.05, 0) is 42.8 Å². The minimum absolute atomic E-state index is 0.0187. The van der Waals surface area contributed by atoms with E-state index in [2.05, 4.69) is 15.4 Å². The second kappa shape index (κ2) is 10.7. The minimum atomic E-state index is -3.02. The van der Waals surface area contributed by atoms with Crippen LogP contribution >= 0.6 is 0 Å². The molecule has 0 fully saturated rings. The van der Waals surface area contributed by atoms with Crippen molar-refractivity contribution in [1.82, 2.24) is 5.32 Å². The molecule has 0 bridgehead atoms. The normalized spacial score (nSPS) is 10.3.